The Morgan fingerprint density at radius 3 is 2.12 bits per heavy atom. The maximum Gasteiger partial charge on any atom is 0.340 e. The van der Waals surface area contributed by atoms with E-state index in [2.05, 4.69) is 4.74 Å². The van der Waals surface area contributed by atoms with Crippen molar-refractivity contribution >= 4 is 21.7 Å². The molecular weight excluding hydrogens is 364 g/mol. The number of hydrogen-bond acceptors (Lipinski definition) is 4. The van der Waals surface area contributed by atoms with Crippen LogP contribution >= 0.6 is 0 Å². The lowest BCUT2D eigenvalue weighted by Crippen LogP contribution is -2.16. The molecule has 0 spiro atoms. The summed E-state index contributed by atoms with van der Waals surface area (Å²) in [5.74, 6) is -3.34. The number of halogens is 2. The zero-order chi connectivity index (χ0) is 19.7. The van der Waals surface area contributed by atoms with E-state index in [1.807, 2.05) is 25.5 Å². The fraction of sp³-hybridized carbons (Fsp3) is 0.278. The molecule has 0 aliphatic carbocycles. The summed E-state index contributed by atoms with van der Waals surface area (Å²) in [4.78, 5) is 11.4. The maximum atomic E-state index is 13.9. The Morgan fingerprint density at radius 1 is 1.04 bits per heavy atom. The van der Waals surface area contributed by atoms with Gasteiger partial charge in [0.25, 0.3) is 10.0 Å². The second-order valence-corrected chi connectivity index (χ2v) is 8.37. The van der Waals surface area contributed by atoms with Crippen molar-refractivity contribution in [2.75, 3.05) is 11.8 Å². The number of anilines is 1. The first-order chi connectivity index (χ1) is 12.0. The van der Waals surface area contributed by atoms with Crippen molar-refractivity contribution in [3.63, 3.8) is 0 Å². The van der Waals surface area contributed by atoms with Gasteiger partial charge in [-0.1, -0.05) is 32.9 Å². The molecule has 0 aliphatic heterocycles. The molecule has 26 heavy (non-hydrogen) atoms. The molecule has 0 aromatic heterocycles. The molecular formula is C18H19F2NO4S. The van der Waals surface area contributed by atoms with Crippen LogP contribution in [0.1, 0.15) is 36.7 Å². The van der Waals surface area contributed by atoms with Gasteiger partial charge in [0.2, 0.25) is 0 Å². The lowest BCUT2D eigenvalue weighted by molar-refractivity contribution is 0.0595. The molecule has 2 rings (SSSR count). The van der Waals surface area contributed by atoms with Crippen molar-refractivity contribution in [2.24, 2.45) is 0 Å². The number of esters is 1. The van der Waals surface area contributed by atoms with Crippen LogP contribution in [0.5, 0.6) is 0 Å². The molecule has 0 bridgehead atoms. The number of ether oxygens (including phenoxy) is 1. The highest BCUT2D eigenvalue weighted by atomic mass is 32.2. The first-order valence-electron chi connectivity index (χ1n) is 7.66. The Bertz CT molecular complexity index is 933. The van der Waals surface area contributed by atoms with E-state index in [1.165, 1.54) is 12.1 Å². The predicted octanol–water partition coefficient (Wildman–Crippen LogP) is 3.85. The second kappa shape index (κ2) is 7.03. The van der Waals surface area contributed by atoms with E-state index in [4.69, 9.17) is 0 Å². The van der Waals surface area contributed by atoms with Crippen LogP contribution in [0.15, 0.2) is 41.3 Å². The first-order valence-corrected chi connectivity index (χ1v) is 9.15. The number of hydrogen-bond donors (Lipinski definition) is 1. The lowest BCUT2D eigenvalue weighted by Gasteiger charge is -2.19. The third-order valence-electron chi connectivity index (χ3n) is 3.74. The summed E-state index contributed by atoms with van der Waals surface area (Å²) < 4.78 is 59.0. The van der Waals surface area contributed by atoms with Gasteiger partial charge in [-0.15, -0.1) is 0 Å². The zero-order valence-electron chi connectivity index (χ0n) is 14.8. The van der Waals surface area contributed by atoms with Gasteiger partial charge in [0.1, 0.15) is 11.6 Å². The van der Waals surface area contributed by atoms with Crippen LogP contribution in [0.4, 0.5) is 14.5 Å². The van der Waals surface area contributed by atoms with E-state index in [0.29, 0.717) is 6.07 Å². The fourth-order valence-electron chi connectivity index (χ4n) is 2.23. The van der Waals surface area contributed by atoms with E-state index in [9.17, 15) is 22.0 Å². The number of rotatable bonds is 4. The second-order valence-electron chi connectivity index (χ2n) is 6.68. The van der Waals surface area contributed by atoms with Gasteiger partial charge in [0, 0.05) is 6.07 Å². The lowest BCUT2D eigenvalue weighted by atomic mass is 9.87. The molecule has 2 aromatic carbocycles. The van der Waals surface area contributed by atoms with Crippen molar-refractivity contribution in [1.82, 2.24) is 0 Å². The summed E-state index contributed by atoms with van der Waals surface area (Å²) in [7, 11) is -3.09. The predicted molar refractivity (Wildman–Crippen MR) is 93.6 cm³/mol. The molecule has 140 valence electrons. The molecule has 0 saturated heterocycles. The van der Waals surface area contributed by atoms with Gasteiger partial charge in [-0.05, 0) is 29.2 Å². The molecule has 0 radical (unpaired) electrons. The van der Waals surface area contributed by atoms with Crippen molar-refractivity contribution in [3.05, 3.63) is 59.2 Å². The van der Waals surface area contributed by atoms with E-state index >= 15 is 0 Å². The minimum Gasteiger partial charge on any atom is -0.465 e. The van der Waals surface area contributed by atoms with E-state index in [-0.39, 0.29) is 10.3 Å². The van der Waals surface area contributed by atoms with Gasteiger partial charge in [0.15, 0.2) is 0 Å². The average Bonchev–Trinajstić information content (AvgIpc) is 2.56. The summed E-state index contributed by atoms with van der Waals surface area (Å²) in [6, 6.07) is 7.30. The monoisotopic (exact) mass is 383 g/mol. The molecule has 0 heterocycles. The molecule has 5 nitrogen and oxygen atoms in total. The number of carbonyl (C=O) groups is 1. The minimum atomic E-state index is -4.12. The van der Waals surface area contributed by atoms with Gasteiger partial charge in [0.05, 0.1) is 23.3 Å². The maximum absolute atomic E-state index is 13.9. The van der Waals surface area contributed by atoms with Crippen LogP contribution in [-0.4, -0.2) is 21.5 Å². The molecule has 0 saturated carbocycles. The number of nitrogens with one attached hydrogen (secondary N) is 1. The highest BCUT2D eigenvalue weighted by molar-refractivity contribution is 7.92. The van der Waals surface area contributed by atoms with Crippen molar-refractivity contribution in [1.29, 1.82) is 0 Å². The molecule has 0 fully saturated rings. The van der Waals surface area contributed by atoms with E-state index in [0.717, 1.165) is 18.7 Å². The Kier molecular flexibility index (Phi) is 5.36. The first kappa shape index (κ1) is 19.8. The molecule has 0 atom stereocenters. The normalized spacial score (nSPS) is 11.9. The standard InChI is InChI=1S/C18H19F2NO4S/c1-18(2,3)11-5-7-12(8-6-11)26(23,24)21-16-9-13(17(22)25-4)14(19)10-15(16)20/h5-10,21H,1-4H3. The largest absolute Gasteiger partial charge is 0.465 e. The molecule has 2 aromatic rings. The molecule has 1 N–H and O–H groups in total. The smallest absolute Gasteiger partial charge is 0.340 e. The molecule has 8 heteroatoms. The van der Waals surface area contributed by atoms with Crippen LogP contribution in [0.25, 0.3) is 0 Å². The fourth-order valence-corrected chi connectivity index (χ4v) is 3.29. The third kappa shape index (κ3) is 4.19. The number of carbonyl (C=O) groups excluding carboxylic acids is 1. The van der Waals surface area contributed by atoms with Crippen molar-refractivity contribution in [3.8, 4) is 0 Å². The van der Waals surface area contributed by atoms with Crippen LogP contribution in [0, 0.1) is 11.6 Å². The topological polar surface area (TPSA) is 72.5 Å². The highest BCUT2D eigenvalue weighted by Gasteiger charge is 2.22. The zero-order valence-corrected chi connectivity index (χ0v) is 15.6. The third-order valence-corrected chi connectivity index (χ3v) is 5.12. The van der Waals surface area contributed by atoms with E-state index < -0.39 is 38.9 Å². The summed E-state index contributed by atoms with van der Waals surface area (Å²) in [6.45, 7) is 5.95. The van der Waals surface area contributed by atoms with Crippen LogP contribution in [-0.2, 0) is 20.2 Å². The summed E-state index contributed by atoms with van der Waals surface area (Å²) >= 11 is 0. The van der Waals surface area contributed by atoms with Crippen molar-refractivity contribution < 1.29 is 26.7 Å². The highest BCUT2D eigenvalue weighted by Crippen LogP contribution is 2.26. The van der Waals surface area contributed by atoms with Gasteiger partial charge >= 0.3 is 5.97 Å². The quantitative estimate of drug-likeness (QED) is 0.814. The number of benzene rings is 2. The average molecular weight is 383 g/mol. The Hall–Kier alpha value is -2.48. The van der Waals surface area contributed by atoms with Crippen LogP contribution in [0.2, 0.25) is 0 Å². The Morgan fingerprint density at radius 2 is 1.62 bits per heavy atom. The summed E-state index contributed by atoms with van der Waals surface area (Å²) in [5.41, 5.74) is -0.354. The minimum absolute atomic E-state index is 0.0890. The Labute approximate surface area is 151 Å². The van der Waals surface area contributed by atoms with Gasteiger partial charge in [-0.2, -0.15) is 0 Å². The number of sulfonamides is 1. The van der Waals surface area contributed by atoms with Gasteiger partial charge < -0.3 is 4.74 Å². The summed E-state index contributed by atoms with van der Waals surface area (Å²) in [6.07, 6.45) is 0. The van der Waals surface area contributed by atoms with Crippen molar-refractivity contribution in [2.45, 2.75) is 31.1 Å². The SMILES string of the molecule is COC(=O)c1cc(NS(=O)(=O)c2ccc(C(C)(C)C)cc2)c(F)cc1F. The summed E-state index contributed by atoms with van der Waals surface area (Å²) in [5, 5.41) is 0. The molecule has 0 amide bonds. The van der Waals surface area contributed by atoms with Gasteiger partial charge in [-0.3, -0.25) is 4.72 Å². The molecule has 0 unspecified atom stereocenters. The number of methoxy groups -OCH3 is 1. The van der Waals surface area contributed by atoms with Crippen LogP contribution in [0.3, 0.4) is 0 Å². The Balaban J connectivity index is 2.39. The van der Waals surface area contributed by atoms with Crippen LogP contribution < -0.4 is 4.72 Å². The van der Waals surface area contributed by atoms with E-state index in [1.54, 1.807) is 12.1 Å². The van der Waals surface area contributed by atoms with Gasteiger partial charge in [-0.25, -0.2) is 22.0 Å². The molecule has 0 aliphatic rings.